The molecule has 10 nitrogen and oxygen atoms in total. The van der Waals surface area contributed by atoms with Gasteiger partial charge in [0.15, 0.2) is 0 Å². The number of fused-ring (bicyclic) bond motifs is 1. The smallest absolute Gasteiger partial charge is 0.303 e. The number of aliphatic carboxylic acids is 1. The molecule has 0 aliphatic rings. The number of H-pyrrole nitrogens is 2. The zero-order chi connectivity index (χ0) is 22.5. The molecule has 6 N–H and O–H groups in total. The Hall–Kier alpha value is -3.22. The Bertz CT molecular complexity index is 1180. The highest BCUT2D eigenvalue weighted by atomic mass is 127. The number of halogens is 1. The number of aromatic nitrogens is 3. The first-order valence-corrected chi connectivity index (χ1v) is 10.5. The fourth-order valence-electron chi connectivity index (χ4n) is 3.17. The molecule has 1 atom stereocenters. The van der Waals surface area contributed by atoms with Crippen LogP contribution in [0.25, 0.3) is 11.0 Å². The number of nitrogens with one attached hydrogen (secondary N) is 3. The van der Waals surface area contributed by atoms with Gasteiger partial charge in [-0.1, -0.05) is 12.1 Å². The van der Waals surface area contributed by atoms with Crippen molar-refractivity contribution >= 4 is 55.2 Å². The van der Waals surface area contributed by atoms with Gasteiger partial charge in [0.2, 0.25) is 9.74 Å². The maximum Gasteiger partial charge on any atom is 0.303 e. The van der Waals surface area contributed by atoms with Gasteiger partial charge in [0, 0.05) is 40.8 Å². The zero-order valence-corrected chi connectivity index (χ0v) is 18.4. The van der Waals surface area contributed by atoms with E-state index in [-0.39, 0.29) is 28.1 Å². The van der Waals surface area contributed by atoms with E-state index in [4.69, 9.17) is 10.8 Å². The Labute approximate surface area is 189 Å². The summed E-state index contributed by atoms with van der Waals surface area (Å²) in [7, 11) is 0. The molecule has 0 radical (unpaired) electrons. The van der Waals surface area contributed by atoms with Gasteiger partial charge in [-0.25, -0.2) is 0 Å². The Kier molecular flexibility index (Phi) is 7.05. The fraction of sp³-hybridized carbons (Fsp3) is 0.250. The SMILES string of the molecule is Nc1nc2[nH]cc(CCc3ccc(C(=O)N[C@@H](CCC(=O)O)C(=O)I)cc3)c2c(=O)[nH]1. The number of hydrogen-bond donors (Lipinski definition) is 5. The van der Waals surface area contributed by atoms with E-state index in [0.29, 0.717) is 29.4 Å². The van der Waals surface area contributed by atoms with E-state index in [0.717, 1.165) is 11.1 Å². The number of carbonyl (C=O) groups is 3. The number of hydrogen-bond acceptors (Lipinski definition) is 6. The molecule has 0 aliphatic carbocycles. The minimum Gasteiger partial charge on any atom is -0.481 e. The fourth-order valence-corrected chi connectivity index (χ4v) is 3.64. The van der Waals surface area contributed by atoms with Gasteiger partial charge >= 0.3 is 5.97 Å². The summed E-state index contributed by atoms with van der Waals surface area (Å²) in [6.45, 7) is 0. The molecule has 3 rings (SSSR count). The second kappa shape index (κ2) is 9.73. The van der Waals surface area contributed by atoms with Crippen LogP contribution in [0, 0.1) is 0 Å². The average Bonchev–Trinajstić information content (AvgIpc) is 3.12. The van der Waals surface area contributed by atoms with E-state index >= 15 is 0 Å². The van der Waals surface area contributed by atoms with Crippen LogP contribution in [0.5, 0.6) is 0 Å². The molecule has 0 aliphatic heterocycles. The first-order valence-electron chi connectivity index (χ1n) is 9.41. The number of aromatic amines is 2. The van der Waals surface area contributed by atoms with Crippen LogP contribution in [-0.4, -0.2) is 41.8 Å². The maximum atomic E-state index is 12.4. The molecule has 3 aromatic rings. The molecule has 0 saturated heterocycles. The van der Waals surface area contributed by atoms with Crippen LogP contribution in [0.2, 0.25) is 0 Å². The third kappa shape index (κ3) is 5.69. The summed E-state index contributed by atoms with van der Waals surface area (Å²) in [6.07, 6.45) is 2.77. The molecule has 0 unspecified atom stereocenters. The molecule has 1 amide bonds. The minimum atomic E-state index is -1.03. The van der Waals surface area contributed by atoms with Crippen LogP contribution in [0.1, 0.15) is 34.3 Å². The molecule has 0 spiro atoms. The molecule has 0 fully saturated rings. The lowest BCUT2D eigenvalue weighted by Gasteiger charge is -2.14. The van der Waals surface area contributed by atoms with Crippen molar-refractivity contribution in [3.8, 4) is 0 Å². The largest absolute Gasteiger partial charge is 0.481 e. The average molecular weight is 537 g/mol. The maximum absolute atomic E-state index is 12.4. The van der Waals surface area contributed by atoms with Gasteiger partial charge in [0.1, 0.15) is 5.65 Å². The molecule has 31 heavy (non-hydrogen) atoms. The van der Waals surface area contributed by atoms with Gasteiger partial charge in [0.25, 0.3) is 11.5 Å². The lowest BCUT2D eigenvalue weighted by atomic mass is 10.0. The predicted molar refractivity (Wildman–Crippen MR) is 122 cm³/mol. The summed E-state index contributed by atoms with van der Waals surface area (Å²) in [5.74, 6) is -1.43. The normalized spacial score (nSPS) is 11.9. The molecule has 1 aromatic carbocycles. The van der Waals surface area contributed by atoms with E-state index in [9.17, 15) is 19.2 Å². The summed E-state index contributed by atoms with van der Waals surface area (Å²) in [4.78, 5) is 56.4. The lowest BCUT2D eigenvalue weighted by Crippen LogP contribution is -2.39. The van der Waals surface area contributed by atoms with Crippen molar-refractivity contribution in [2.45, 2.75) is 31.7 Å². The zero-order valence-electron chi connectivity index (χ0n) is 16.3. The molecule has 0 bridgehead atoms. The van der Waals surface area contributed by atoms with Gasteiger partial charge in [-0.15, -0.1) is 0 Å². The van der Waals surface area contributed by atoms with Crippen LogP contribution in [-0.2, 0) is 22.4 Å². The van der Waals surface area contributed by atoms with Crippen LogP contribution in [0.3, 0.4) is 0 Å². The number of nitrogens with two attached hydrogens (primary N) is 1. The van der Waals surface area contributed by atoms with E-state index in [1.807, 2.05) is 0 Å². The standard InChI is InChI=1S/C20H20IN5O5/c21-16(29)13(7-8-14(27)28)24-18(30)11-4-1-10(2-5-11)3-6-12-9-23-17-15(12)19(31)26-20(22)25-17/h1-2,4-5,9,13H,3,6-8H2,(H,24,30)(H,27,28)(H4,22,23,25,26,31)/t13-/m0/s1. The Balaban J connectivity index is 1.64. The van der Waals surface area contributed by atoms with E-state index < -0.39 is 17.9 Å². The van der Waals surface area contributed by atoms with Crippen LogP contribution >= 0.6 is 22.6 Å². The van der Waals surface area contributed by atoms with Crippen LogP contribution < -0.4 is 16.6 Å². The van der Waals surface area contributed by atoms with Crippen molar-refractivity contribution in [1.29, 1.82) is 0 Å². The van der Waals surface area contributed by atoms with Crippen molar-refractivity contribution in [3.63, 3.8) is 0 Å². The first kappa shape index (κ1) is 22.5. The number of nitrogens with zero attached hydrogens (tertiary/aromatic N) is 1. The van der Waals surface area contributed by atoms with Gasteiger partial charge in [-0.3, -0.25) is 24.2 Å². The van der Waals surface area contributed by atoms with E-state index in [1.54, 1.807) is 53.1 Å². The number of rotatable bonds is 9. The number of nitrogen functional groups attached to an aromatic ring is 1. The molecular weight excluding hydrogens is 517 g/mol. The lowest BCUT2D eigenvalue weighted by molar-refractivity contribution is -0.137. The number of amides is 1. The first-order chi connectivity index (χ1) is 14.7. The summed E-state index contributed by atoms with van der Waals surface area (Å²) in [6, 6.07) is 6.01. The van der Waals surface area contributed by atoms with Gasteiger partial charge in [-0.05, 0) is 42.5 Å². The molecular formula is C20H20IN5O5. The van der Waals surface area contributed by atoms with Crippen LogP contribution in [0.4, 0.5) is 5.95 Å². The van der Waals surface area contributed by atoms with Gasteiger partial charge < -0.3 is 21.1 Å². The third-order valence-electron chi connectivity index (χ3n) is 4.77. The topological polar surface area (TPSA) is 171 Å². The Morgan fingerprint density at radius 3 is 2.55 bits per heavy atom. The number of carboxylic acid groups (broad SMARTS) is 1. The molecule has 0 saturated carbocycles. The highest BCUT2D eigenvalue weighted by Crippen LogP contribution is 2.16. The number of carbonyl (C=O) groups excluding carboxylic acids is 2. The van der Waals surface area contributed by atoms with Crippen molar-refractivity contribution in [2.24, 2.45) is 0 Å². The molecule has 162 valence electrons. The van der Waals surface area contributed by atoms with Gasteiger partial charge in [-0.2, -0.15) is 4.98 Å². The molecule has 2 heterocycles. The number of aryl methyl sites for hydroxylation is 2. The second-order valence-corrected chi connectivity index (χ2v) is 8.01. The highest BCUT2D eigenvalue weighted by Gasteiger charge is 2.20. The summed E-state index contributed by atoms with van der Waals surface area (Å²) >= 11 is 1.55. The van der Waals surface area contributed by atoms with E-state index in [2.05, 4.69) is 20.3 Å². The summed E-state index contributed by atoms with van der Waals surface area (Å²) in [5.41, 5.74) is 7.82. The van der Waals surface area contributed by atoms with Gasteiger partial charge in [0.05, 0.1) is 11.4 Å². The third-order valence-corrected chi connectivity index (χ3v) is 5.52. The van der Waals surface area contributed by atoms with E-state index in [1.165, 1.54) is 0 Å². The summed E-state index contributed by atoms with van der Waals surface area (Å²) in [5, 5.41) is 11.8. The van der Waals surface area contributed by atoms with Crippen molar-refractivity contribution in [2.75, 3.05) is 5.73 Å². The highest BCUT2D eigenvalue weighted by molar-refractivity contribution is 14.1. The van der Waals surface area contributed by atoms with Crippen molar-refractivity contribution < 1.29 is 19.5 Å². The summed E-state index contributed by atoms with van der Waals surface area (Å²) < 4.78 is -0.325. The Morgan fingerprint density at radius 1 is 1.19 bits per heavy atom. The van der Waals surface area contributed by atoms with Crippen LogP contribution in [0.15, 0.2) is 35.3 Å². The van der Waals surface area contributed by atoms with Crippen molar-refractivity contribution in [1.82, 2.24) is 20.3 Å². The van der Waals surface area contributed by atoms with Crippen molar-refractivity contribution in [3.05, 3.63) is 57.5 Å². The quantitative estimate of drug-likeness (QED) is 0.204. The minimum absolute atomic E-state index is 0.0329. The molecule has 11 heteroatoms. The Morgan fingerprint density at radius 2 is 1.90 bits per heavy atom. The molecule has 2 aromatic heterocycles. The number of benzene rings is 1. The number of carboxylic acids is 1. The number of anilines is 1. The monoisotopic (exact) mass is 537 g/mol. The predicted octanol–water partition coefficient (Wildman–Crippen LogP) is 1.54. The second-order valence-electron chi connectivity index (χ2n) is 6.95.